The molecular formula is C17H26N2. The van der Waals surface area contributed by atoms with E-state index in [-0.39, 0.29) is 0 Å². The van der Waals surface area contributed by atoms with Crippen molar-refractivity contribution in [3.05, 3.63) is 35.4 Å². The second-order valence-electron chi connectivity index (χ2n) is 6.78. The van der Waals surface area contributed by atoms with Crippen LogP contribution in [-0.4, -0.2) is 31.1 Å². The zero-order valence-corrected chi connectivity index (χ0v) is 12.3. The summed E-state index contributed by atoms with van der Waals surface area (Å²) in [5.41, 5.74) is 3.39. The van der Waals surface area contributed by atoms with Crippen molar-refractivity contribution in [1.82, 2.24) is 10.2 Å². The SMILES string of the molecule is Cc1cccc(C2CCCN2CC2(C)CCNC2)c1. The van der Waals surface area contributed by atoms with E-state index in [2.05, 4.69) is 48.3 Å². The van der Waals surface area contributed by atoms with Crippen LogP contribution in [0, 0.1) is 12.3 Å². The molecule has 0 bridgehead atoms. The molecule has 104 valence electrons. The number of nitrogens with zero attached hydrogens (tertiary/aromatic N) is 1. The molecule has 0 spiro atoms. The van der Waals surface area contributed by atoms with Crippen LogP contribution in [0.1, 0.15) is 43.4 Å². The van der Waals surface area contributed by atoms with Crippen LogP contribution in [0.3, 0.4) is 0 Å². The van der Waals surface area contributed by atoms with E-state index >= 15 is 0 Å². The van der Waals surface area contributed by atoms with Crippen molar-refractivity contribution in [3.8, 4) is 0 Å². The highest BCUT2D eigenvalue weighted by Crippen LogP contribution is 2.36. The fourth-order valence-corrected chi connectivity index (χ4v) is 3.76. The summed E-state index contributed by atoms with van der Waals surface area (Å²) >= 11 is 0. The fourth-order valence-electron chi connectivity index (χ4n) is 3.76. The second-order valence-corrected chi connectivity index (χ2v) is 6.78. The van der Waals surface area contributed by atoms with E-state index in [1.807, 2.05) is 0 Å². The van der Waals surface area contributed by atoms with Gasteiger partial charge < -0.3 is 5.32 Å². The molecule has 1 aromatic rings. The van der Waals surface area contributed by atoms with Crippen molar-refractivity contribution in [2.45, 2.75) is 39.2 Å². The molecule has 2 aliphatic rings. The van der Waals surface area contributed by atoms with E-state index in [0.717, 1.165) is 0 Å². The van der Waals surface area contributed by atoms with Crippen LogP contribution in [0.15, 0.2) is 24.3 Å². The Morgan fingerprint density at radius 3 is 3.05 bits per heavy atom. The summed E-state index contributed by atoms with van der Waals surface area (Å²) in [5, 5.41) is 3.52. The van der Waals surface area contributed by atoms with Crippen molar-refractivity contribution in [1.29, 1.82) is 0 Å². The van der Waals surface area contributed by atoms with E-state index in [0.29, 0.717) is 11.5 Å². The van der Waals surface area contributed by atoms with Gasteiger partial charge in [0.1, 0.15) is 0 Å². The standard InChI is InChI=1S/C17H26N2/c1-14-5-3-6-15(11-14)16-7-4-10-19(16)13-17(2)8-9-18-12-17/h3,5-6,11,16,18H,4,7-10,12-13H2,1-2H3. The van der Waals surface area contributed by atoms with Gasteiger partial charge in [-0.1, -0.05) is 36.8 Å². The molecule has 2 saturated heterocycles. The third-order valence-corrected chi connectivity index (χ3v) is 4.83. The predicted molar refractivity (Wildman–Crippen MR) is 80.3 cm³/mol. The zero-order valence-electron chi connectivity index (χ0n) is 12.3. The molecule has 0 aromatic heterocycles. The largest absolute Gasteiger partial charge is 0.316 e. The summed E-state index contributed by atoms with van der Waals surface area (Å²) < 4.78 is 0. The summed E-state index contributed by atoms with van der Waals surface area (Å²) in [6.07, 6.45) is 4.00. The second kappa shape index (κ2) is 5.26. The Labute approximate surface area is 117 Å². The molecule has 0 saturated carbocycles. The van der Waals surface area contributed by atoms with E-state index < -0.39 is 0 Å². The Bertz CT molecular complexity index is 435. The molecule has 1 N–H and O–H groups in total. The van der Waals surface area contributed by atoms with Crippen LogP contribution in [0.25, 0.3) is 0 Å². The van der Waals surface area contributed by atoms with Gasteiger partial charge in [0.2, 0.25) is 0 Å². The van der Waals surface area contributed by atoms with Gasteiger partial charge in [-0.05, 0) is 50.3 Å². The molecule has 2 aliphatic heterocycles. The van der Waals surface area contributed by atoms with Gasteiger partial charge in [0.15, 0.2) is 0 Å². The molecule has 2 nitrogen and oxygen atoms in total. The molecule has 2 atom stereocenters. The maximum absolute atomic E-state index is 3.52. The molecule has 2 heteroatoms. The lowest BCUT2D eigenvalue weighted by Crippen LogP contribution is -2.37. The molecule has 3 rings (SSSR count). The first-order valence-electron chi connectivity index (χ1n) is 7.68. The predicted octanol–water partition coefficient (Wildman–Crippen LogP) is 3.13. The summed E-state index contributed by atoms with van der Waals surface area (Å²) in [6, 6.07) is 9.74. The van der Waals surface area contributed by atoms with Crippen LogP contribution in [0.5, 0.6) is 0 Å². The van der Waals surface area contributed by atoms with Crippen molar-refractivity contribution in [2.24, 2.45) is 5.41 Å². The quantitative estimate of drug-likeness (QED) is 0.896. The molecule has 2 fully saturated rings. The third kappa shape index (κ3) is 2.85. The lowest BCUT2D eigenvalue weighted by Gasteiger charge is -2.33. The van der Waals surface area contributed by atoms with Crippen LogP contribution in [-0.2, 0) is 0 Å². The maximum Gasteiger partial charge on any atom is 0.0348 e. The minimum atomic E-state index is 0.479. The number of hydrogen-bond donors (Lipinski definition) is 1. The number of rotatable bonds is 3. The Morgan fingerprint density at radius 1 is 1.42 bits per heavy atom. The Morgan fingerprint density at radius 2 is 2.32 bits per heavy atom. The number of benzene rings is 1. The van der Waals surface area contributed by atoms with Gasteiger partial charge in [-0.3, -0.25) is 4.90 Å². The van der Waals surface area contributed by atoms with Crippen molar-refractivity contribution in [3.63, 3.8) is 0 Å². The molecular weight excluding hydrogens is 232 g/mol. The molecule has 2 heterocycles. The topological polar surface area (TPSA) is 15.3 Å². The van der Waals surface area contributed by atoms with Crippen LogP contribution in [0.2, 0.25) is 0 Å². The average Bonchev–Trinajstić information content (AvgIpc) is 2.99. The number of aryl methyl sites for hydroxylation is 1. The average molecular weight is 258 g/mol. The lowest BCUT2D eigenvalue weighted by atomic mass is 9.88. The summed E-state index contributed by atoms with van der Waals surface area (Å²) in [4.78, 5) is 2.72. The fraction of sp³-hybridized carbons (Fsp3) is 0.647. The first kappa shape index (κ1) is 13.1. The first-order chi connectivity index (χ1) is 9.16. The van der Waals surface area contributed by atoms with Crippen molar-refractivity contribution >= 4 is 0 Å². The van der Waals surface area contributed by atoms with Gasteiger partial charge in [-0.2, -0.15) is 0 Å². The zero-order chi connectivity index (χ0) is 13.3. The minimum absolute atomic E-state index is 0.479. The normalized spacial score (nSPS) is 32.0. The lowest BCUT2D eigenvalue weighted by molar-refractivity contribution is 0.165. The first-order valence-corrected chi connectivity index (χ1v) is 7.68. The van der Waals surface area contributed by atoms with Crippen molar-refractivity contribution in [2.75, 3.05) is 26.2 Å². The summed E-state index contributed by atoms with van der Waals surface area (Å²) in [7, 11) is 0. The number of likely N-dealkylation sites (tertiary alicyclic amines) is 1. The summed E-state index contributed by atoms with van der Waals surface area (Å²) in [5.74, 6) is 0. The highest BCUT2D eigenvalue weighted by molar-refractivity contribution is 5.26. The molecule has 0 radical (unpaired) electrons. The smallest absolute Gasteiger partial charge is 0.0348 e. The molecule has 0 aliphatic carbocycles. The summed E-state index contributed by atoms with van der Waals surface area (Å²) in [6.45, 7) is 9.54. The van der Waals surface area contributed by atoms with Crippen LogP contribution in [0.4, 0.5) is 0 Å². The van der Waals surface area contributed by atoms with Gasteiger partial charge in [-0.25, -0.2) is 0 Å². The number of nitrogens with one attached hydrogen (secondary N) is 1. The van der Waals surface area contributed by atoms with E-state index in [1.165, 1.54) is 56.6 Å². The minimum Gasteiger partial charge on any atom is -0.316 e. The van der Waals surface area contributed by atoms with Gasteiger partial charge in [0.25, 0.3) is 0 Å². The van der Waals surface area contributed by atoms with Gasteiger partial charge >= 0.3 is 0 Å². The van der Waals surface area contributed by atoms with Crippen LogP contribution >= 0.6 is 0 Å². The monoisotopic (exact) mass is 258 g/mol. The van der Waals surface area contributed by atoms with Gasteiger partial charge in [0, 0.05) is 19.1 Å². The highest BCUT2D eigenvalue weighted by Gasteiger charge is 2.35. The van der Waals surface area contributed by atoms with E-state index in [4.69, 9.17) is 0 Å². The van der Waals surface area contributed by atoms with Crippen LogP contribution < -0.4 is 5.32 Å². The number of hydrogen-bond acceptors (Lipinski definition) is 2. The molecule has 1 aromatic carbocycles. The Kier molecular flexibility index (Phi) is 3.64. The van der Waals surface area contributed by atoms with Crippen molar-refractivity contribution < 1.29 is 0 Å². The molecule has 0 amide bonds. The van der Waals surface area contributed by atoms with Gasteiger partial charge in [0.05, 0.1) is 0 Å². The van der Waals surface area contributed by atoms with Gasteiger partial charge in [-0.15, -0.1) is 0 Å². The van der Waals surface area contributed by atoms with E-state index in [9.17, 15) is 0 Å². The highest BCUT2D eigenvalue weighted by atomic mass is 15.2. The maximum atomic E-state index is 3.52. The van der Waals surface area contributed by atoms with E-state index in [1.54, 1.807) is 0 Å². The molecule has 19 heavy (non-hydrogen) atoms. The Hall–Kier alpha value is -0.860. The Balaban J connectivity index is 1.74. The third-order valence-electron chi connectivity index (χ3n) is 4.83. The molecule has 2 unspecified atom stereocenters.